The topological polar surface area (TPSA) is 243 Å². The summed E-state index contributed by atoms with van der Waals surface area (Å²) >= 11 is 0. The molecule has 12 nitrogen and oxygen atoms in total. The lowest BCUT2D eigenvalue weighted by Crippen LogP contribution is -2.20. The molecule has 0 radical (unpaired) electrons. The second-order valence-electron chi connectivity index (χ2n) is 5.73. The van der Waals surface area contributed by atoms with Crippen LogP contribution in [-0.2, 0) is 0 Å². The molecule has 0 bridgehead atoms. The first-order chi connectivity index (χ1) is 16.4. The third-order valence-corrected chi connectivity index (χ3v) is 5.49. The zero-order chi connectivity index (χ0) is 27.2. The molecule has 0 aromatic heterocycles. The van der Waals surface area contributed by atoms with Crippen molar-refractivity contribution >= 4 is 53.1 Å². The molecule has 0 aliphatic carbocycles. The van der Waals surface area contributed by atoms with Gasteiger partial charge < -0.3 is 60.3 Å². The summed E-state index contributed by atoms with van der Waals surface area (Å²) in [6, 6.07) is 32.3. The molecule has 0 spiro atoms. The molecule has 0 unspecified atom stereocenters. The molecular formula is C18H27B4O12P. The Morgan fingerprint density at radius 3 is 0.600 bits per heavy atom. The SMILES string of the molecule is OB(O)O.OB(O)O.OB(O)O.OB(O)O.c1ccc(P(c2ccccc2)c2ccccc2)cc1. The smallest absolute Gasteiger partial charge is 0.402 e. The molecule has 0 aliphatic heterocycles. The molecule has 0 atom stereocenters. The van der Waals surface area contributed by atoms with Gasteiger partial charge in [0.25, 0.3) is 0 Å². The fourth-order valence-corrected chi connectivity index (χ4v) is 4.48. The predicted octanol–water partition coefficient (Wildman–Crippen LogP) is -4.76. The Bertz CT molecular complexity index is 708. The number of hydrogen-bond donors (Lipinski definition) is 12. The molecular weight excluding hydrogens is 482 g/mol. The molecule has 188 valence electrons. The molecule has 3 rings (SSSR count). The Hall–Kier alpha value is -2.13. The van der Waals surface area contributed by atoms with E-state index in [9.17, 15) is 0 Å². The molecule has 12 N–H and O–H groups in total. The molecule has 0 aliphatic rings. The monoisotopic (exact) mass is 510 g/mol. The maximum Gasteiger partial charge on any atom is 0.631 e. The van der Waals surface area contributed by atoms with Crippen molar-refractivity contribution < 1.29 is 60.3 Å². The van der Waals surface area contributed by atoms with Crippen LogP contribution in [0.15, 0.2) is 91.0 Å². The van der Waals surface area contributed by atoms with Gasteiger partial charge in [-0.1, -0.05) is 91.0 Å². The van der Waals surface area contributed by atoms with Gasteiger partial charge in [-0.2, -0.15) is 0 Å². The van der Waals surface area contributed by atoms with Crippen molar-refractivity contribution in [2.24, 2.45) is 0 Å². The second-order valence-corrected chi connectivity index (χ2v) is 7.95. The van der Waals surface area contributed by atoms with E-state index in [4.69, 9.17) is 60.3 Å². The van der Waals surface area contributed by atoms with Gasteiger partial charge in [0.2, 0.25) is 0 Å². The van der Waals surface area contributed by atoms with Crippen LogP contribution >= 0.6 is 7.92 Å². The summed E-state index contributed by atoms with van der Waals surface area (Å²) < 4.78 is 0. The van der Waals surface area contributed by atoms with Gasteiger partial charge in [0.15, 0.2) is 0 Å². The highest BCUT2D eigenvalue weighted by Gasteiger charge is 2.14. The van der Waals surface area contributed by atoms with Crippen molar-refractivity contribution in [2.75, 3.05) is 0 Å². The van der Waals surface area contributed by atoms with Gasteiger partial charge in [0.1, 0.15) is 0 Å². The first-order valence-electron chi connectivity index (χ1n) is 9.50. The van der Waals surface area contributed by atoms with E-state index in [0.717, 1.165) is 0 Å². The lowest BCUT2D eigenvalue weighted by molar-refractivity contribution is 0.276. The van der Waals surface area contributed by atoms with Crippen LogP contribution in [0.2, 0.25) is 0 Å². The summed E-state index contributed by atoms with van der Waals surface area (Å²) in [6.07, 6.45) is 0. The average molecular weight is 510 g/mol. The Balaban J connectivity index is 0. The van der Waals surface area contributed by atoms with E-state index in [1.165, 1.54) is 15.9 Å². The van der Waals surface area contributed by atoms with Gasteiger partial charge in [-0.3, -0.25) is 0 Å². The lowest BCUT2D eigenvalue weighted by atomic mass is 10.3. The summed E-state index contributed by atoms with van der Waals surface area (Å²) in [5.74, 6) is 0. The fourth-order valence-electron chi connectivity index (χ4n) is 2.18. The lowest BCUT2D eigenvalue weighted by Gasteiger charge is -2.18. The quantitative estimate of drug-likeness (QED) is 0.118. The summed E-state index contributed by atoms with van der Waals surface area (Å²) in [6.45, 7) is 0. The summed E-state index contributed by atoms with van der Waals surface area (Å²) in [5, 5.41) is 90.2. The number of hydrogen-bond acceptors (Lipinski definition) is 12. The molecule has 3 aromatic carbocycles. The molecule has 0 saturated heterocycles. The van der Waals surface area contributed by atoms with Crippen LogP contribution in [0.1, 0.15) is 0 Å². The van der Waals surface area contributed by atoms with Gasteiger partial charge in [0.05, 0.1) is 0 Å². The zero-order valence-electron chi connectivity index (χ0n) is 18.3. The highest BCUT2D eigenvalue weighted by Crippen LogP contribution is 2.32. The molecule has 0 amide bonds. The van der Waals surface area contributed by atoms with E-state index in [0.29, 0.717) is 0 Å². The van der Waals surface area contributed by atoms with Gasteiger partial charge in [0, 0.05) is 0 Å². The minimum Gasteiger partial charge on any atom is -0.402 e. The second kappa shape index (κ2) is 22.3. The Morgan fingerprint density at radius 1 is 0.314 bits per heavy atom. The molecule has 35 heavy (non-hydrogen) atoms. The Morgan fingerprint density at radius 2 is 0.457 bits per heavy atom. The van der Waals surface area contributed by atoms with Gasteiger partial charge in [-0.25, -0.2) is 0 Å². The summed E-state index contributed by atoms with van der Waals surface area (Å²) in [5.41, 5.74) is 0. The molecule has 17 heteroatoms. The van der Waals surface area contributed by atoms with Crippen LogP contribution < -0.4 is 15.9 Å². The van der Waals surface area contributed by atoms with Crippen molar-refractivity contribution in [1.29, 1.82) is 0 Å². The van der Waals surface area contributed by atoms with Crippen LogP contribution in [-0.4, -0.2) is 89.6 Å². The summed E-state index contributed by atoms with van der Waals surface area (Å²) in [4.78, 5) is 0. The van der Waals surface area contributed by atoms with Crippen LogP contribution in [0.5, 0.6) is 0 Å². The van der Waals surface area contributed by atoms with Crippen molar-refractivity contribution in [3.8, 4) is 0 Å². The van der Waals surface area contributed by atoms with Crippen LogP contribution in [0.3, 0.4) is 0 Å². The van der Waals surface area contributed by atoms with Gasteiger partial charge in [-0.05, 0) is 23.8 Å². The predicted molar refractivity (Wildman–Crippen MR) is 135 cm³/mol. The molecule has 0 saturated carbocycles. The van der Waals surface area contributed by atoms with E-state index < -0.39 is 37.2 Å². The van der Waals surface area contributed by atoms with Crippen molar-refractivity contribution in [2.45, 2.75) is 0 Å². The molecule has 3 aromatic rings. The first-order valence-corrected chi connectivity index (χ1v) is 10.8. The molecule has 0 heterocycles. The van der Waals surface area contributed by atoms with Crippen molar-refractivity contribution in [3.63, 3.8) is 0 Å². The van der Waals surface area contributed by atoms with Crippen molar-refractivity contribution in [1.82, 2.24) is 0 Å². The third-order valence-electron chi connectivity index (χ3n) is 3.04. The zero-order valence-corrected chi connectivity index (χ0v) is 19.2. The summed E-state index contributed by atoms with van der Waals surface area (Å²) in [7, 11) is -9.11. The van der Waals surface area contributed by atoms with Crippen LogP contribution in [0, 0.1) is 0 Å². The van der Waals surface area contributed by atoms with Crippen LogP contribution in [0.4, 0.5) is 0 Å². The highest BCUT2D eigenvalue weighted by atomic mass is 31.1. The number of rotatable bonds is 3. The standard InChI is InChI=1S/C18H15P.4BH3O3/c1-4-10-16(11-5-1)19(17-12-6-2-7-13-17)18-14-8-3-9-15-18;4*2-1(3)4/h1-15H;4*2-4H. The van der Waals surface area contributed by atoms with Crippen molar-refractivity contribution in [3.05, 3.63) is 91.0 Å². The largest absolute Gasteiger partial charge is 0.631 e. The minimum absolute atomic E-state index is 0.446. The maximum absolute atomic E-state index is 7.17. The van der Waals surface area contributed by atoms with Crippen LogP contribution in [0.25, 0.3) is 0 Å². The minimum atomic E-state index is -2.17. The fraction of sp³-hybridized carbons (Fsp3) is 0. The van der Waals surface area contributed by atoms with E-state index in [2.05, 4.69) is 91.0 Å². The van der Waals surface area contributed by atoms with E-state index in [1.807, 2.05) is 0 Å². The third kappa shape index (κ3) is 24.8. The van der Waals surface area contributed by atoms with Gasteiger partial charge >= 0.3 is 29.3 Å². The maximum atomic E-state index is 7.17. The Labute approximate surface area is 204 Å². The van der Waals surface area contributed by atoms with E-state index >= 15 is 0 Å². The first kappa shape index (κ1) is 35.0. The van der Waals surface area contributed by atoms with Gasteiger partial charge in [-0.15, -0.1) is 0 Å². The Kier molecular flexibility index (Phi) is 22.4. The highest BCUT2D eigenvalue weighted by molar-refractivity contribution is 7.79. The number of benzene rings is 3. The van der Waals surface area contributed by atoms with E-state index in [-0.39, 0.29) is 0 Å². The van der Waals surface area contributed by atoms with E-state index in [1.54, 1.807) is 0 Å². The normalized spacial score (nSPS) is 8.83. The average Bonchev–Trinajstić information content (AvgIpc) is 2.75. The molecule has 0 fully saturated rings.